The van der Waals surface area contributed by atoms with E-state index < -0.39 is 74.7 Å². The van der Waals surface area contributed by atoms with Gasteiger partial charge in [0.2, 0.25) is 5.91 Å². The van der Waals surface area contributed by atoms with E-state index in [0.717, 1.165) is 0 Å². The Kier molecular flexibility index (Phi) is 5.39. The van der Waals surface area contributed by atoms with Crippen LogP contribution in [0.1, 0.15) is 17.7 Å². The molecule has 2 amide bonds. The lowest BCUT2D eigenvalue weighted by molar-refractivity contribution is -0.274. The van der Waals surface area contributed by atoms with Crippen LogP contribution in [0.5, 0.6) is 5.75 Å². The van der Waals surface area contributed by atoms with Gasteiger partial charge in [0.05, 0.1) is 15.6 Å². The predicted octanol–water partition coefficient (Wildman–Crippen LogP) is 3.80. The van der Waals surface area contributed by atoms with Gasteiger partial charge in [-0.3, -0.25) is 10.1 Å². The summed E-state index contributed by atoms with van der Waals surface area (Å²) in [6.45, 7) is 0. The number of primary amides is 1. The Hall–Kier alpha value is -3.31. The van der Waals surface area contributed by atoms with Crippen molar-refractivity contribution in [3.05, 3.63) is 33.4 Å². The Morgan fingerprint density at radius 1 is 1.31 bits per heavy atom. The fourth-order valence-electron chi connectivity index (χ4n) is 3.17. The number of aromatic nitrogens is 2. The molecular weight excluding hydrogens is 492 g/mol. The molecule has 1 saturated carbocycles. The van der Waals surface area contributed by atoms with Crippen LogP contribution < -0.4 is 15.8 Å². The average molecular weight is 500 g/mol. The SMILES string of the molecule is N#Cc1nn(-c2c(Cl)cc(OC(F)(F)F)cc2Cl)c(NC(=O)O)c1C1(C(N)=O)CC1(F)F. The number of halogens is 7. The number of carbonyl (C=O) groups excluding carboxylic acids is 1. The first-order chi connectivity index (χ1) is 14.6. The highest BCUT2D eigenvalue weighted by atomic mass is 35.5. The summed E-state index contributed by atoms with van der Waals surface area (Å²) >= 11 is 11.9. The highest BCUT2D eigenvalue weighted by Crippen LogP contribution is 2.63. The van der Waals surface area contributed by atoms with E-state index in [1.165, 1.54) is 6.07 Å². The Bertz CT molecular complexity index is 1170. The third-order valence-electron chi connectivity index (χ3n) is 4.49. The molecule has 1 atom stereocenters. The van der Waals surface area contributed by atoms with E-state index in [1.807, 2.05) is 0 Å². The Morgan fingerprint density at radius 3 is 2.22 bits per heavy atom. The number of nitrogens with zero attached hydrogens (tertiary/aromatic N) is 3. The second-order valence-electron chi connectivity index (χ2n) is 6.46. The van der Waals surface area contributed by atoms with E-state index in [4.69, 9.17) is 34.0 Å². The Balaban J connectivity index is 2.30. The second kappa shape index (κ2) is 7.38. The van der Waals surface area contributed by atoms with Gasteiger partial charge < -0.3 is 15.6 Å². The molecule has 9 nitrogen and oxygen atoms in total. The summed E-state index contributed by atoms with van der Waals surface area (Å²) in [5.41, 5.74) is 0.245. The molecule has 0 radical (unpaired) electrons. The molecule has 3 rings (SSSR count). The van der Waals surface area contributed by atoms with Crippen LogP contribution in [0.2, 0.25) is 10.0 Å². The van der Waals surface area contributed by atoms with E-state index >= 15 is 0 Å². The summed E-state index contributed by atoms with van der Waals surface area (Å²) in [5.74, 6) is -6.96. The zero-order valence-corrected chi connectivity index (χ0v) is 16.6. The van der Waals surface area contributed by atoms with Crippen LogP contribution in [0.3, 0.4) is 0 Å². The van der Waals surface area contributed by atoms with Crippen LogP contribution >= 0.6 is 23.2 Å². The monoisotopic (exact) mass is 499 g/mol. The molecule has 16 heteroatoms. The van der Waals surface area contributed by atoms with Crippen molar-refractivity contribution in [2.75, 3.05) is 5.32 Å². The van der Waals surface area contributed by atoms with Gasteiger partial charge in [0, 0.05) is 18.6 Å². The van der Waals surface area contributed by atoms with E-state index in [2.05, 4.69) is 9.84 Å². The summed E-state index contributed by atoms with van der Waals surface area (Å²) in [6.07, 6.45) is -8.04. The van der Waals surface area contributed by atoms with Crippen LogP contribution in [0.4, 0.5) is 32.6 Å². The second-order valence-corrected chi connectivity index (χ2v) is 7.27. The van der Waals surface area contributed by atoms with E-state index in [0.29, 0.717) is 16.8 Å². The van der Waals surface area contributed by atoms with Crippen molar-refractivity contribution in [1.82, 2.24) is 9.78 Å². The number of benzene rings is 1. The molecule has 0 aliphatic heterocycles. The lowest BCUT2D eigenvalue weighted by atomic mass is 9.93. The number of amides is 2. The number of hydrogen-bond acceptors (Lipinski definition) is 5. The number of ether oxygens (including phenoxy) is 1. The van der Waals surface area contributed by atoms with Crippen LogP contribution in [0, 0.1) is 11.3 Å². The summed E-state index contributed by atoms with van der Waals surface area (Å²) in [4.78, 5) is 23.2. The number of hydrogen-bond donors (Lipinski definition) is 3. The number of carboxylic acid groups (broad SMARTS) is 1. The third-order valence-corrected chi connectivity index (χ3v) is 5.06. The molecule has 0 bridgehead atoms. The van der Waals surface area contributed by atoms with Crippen molar-refractivity contribution in [3.63, 3.8) is 0 Å². The van der Waals surface area contributed by atoms with Gasteiger partial charge in [-0.2, -0.15) is 10.4 Å². The Morgan fingerprint density at radius 2 is 1.84 bits per heavy atom. The van der Waals surface area contributed by atoms with Gasteiger partial charge in [0.15, 0.2) is 5.69 Å². The maximum Gasteiger partial charge on any atom is 0.573 e. The molecule has 1 unspecified atom stereocenters. The minimum atomic E-state index is -5.09. The first-order valence-electron chi connectivity index (χ1n) is 8.11. The van der Waals surface area contributed by atoms with Crippen LogP contribution in [0.15, 0.2) is 12.1 Å². The molecule has 4 N–H and O–H groups in total. The number of carbonyl (C=O) groups is 2. The molecule has 1 aliphatic rings. The van der Waals surface area contributed by atoms with Gasteiger partial charge in [0.1, 0.15) is 28.7 Å². The number of nitrogens with two attached hydrogens (primary N) is 1. The summed E-state index contributed by atoms with van der Waals surface area (Å²) in [6, 6.07) is 2.74. The topological polar surface area (TPSA) is 143 Å². The van der Waals surface area contributed by atoms with Gasteiger partial charge >= 0.3 is 12.5 Å². The smallest absolute Gasteiger partial charge is 0.465 e. The van der Waals surface area contributed by atoms with Crippen molar-refractivity contribution in [2.24, 2.45) is 5.73 Å². The predicted molar refractivity (Wildman–Crippen MR) is 97.1 cm³/mol. The quantitative estimate of drug-likeness (QED) is 0.533. The van der Waals surface area contributed by atoms with Gasteiger partial charge in [0.25, 0.3) is 5.92 Å². The maximum atomic E-state index is 14.2. The summed E-state index contributed by atoms with van der Waals surface area (Å²) in [7, 11) is 0. The molecule has 0 saturated heterocycles. The van der Waals surface area contributed by atoms with Crippen molar-refractivity contribution in [2.45, 2.75) is 24.1 Å². The van der Waals surface area contributed by atoms with E-state index in [-0.39, 0.29) is 0 Å². The average Bonchev–Trinajstić information content (AvgIpc) is 3.03. The maximum absolute atomic E-state index is 14.2. The number of nitriles is 1. The zero-order chi connectivity index (χ0) is 24.2. The fourth-order valence-corrected chi connectivity index (χ4v) is 3.79. The number of anilines is 1. The van der Waals surface area contributed by atoms with E-state index in [1.54, 1.807) is 5.32 Å². The standard InChI is InChI=1S/C16H8Cl2F5N5O4/c17-6-1-5(32-16(21,22)23)2-7(18)10(6)28-11(26-13(30)31)9(8(3-24)27-28)14(12(25)29)4-15(14,19)20/h1-2,26H,4H2,(H2,25,29)(H,30,31). The van der Waals surface area contributed by atoms with Crippen LogP contribution in [-0.2, 0) is 10.2 Å². The van der Waals surface area contributed by atoms with Gasteiger partial charge in [-0.25, -0.2) is 18.3 Å². The van der Waals surface area contributed by atoms with Gasteiger partial charge in [-0.15, -0.1) is 13.2 Å². The summed E-state index contributed by atoms with van der Waals surface area (Å²) < 4.78 is 70.0. The molecular formula is C16H8Cl2F5N5O4. The third kappa shape index (κ3) is 3.73. The van der Waals surface area contributed by atoms with Crippen molar-refractivity contribution < 1.29 is 41.4 Å². The minimum absolute atomic E-state index is 0.488. The largest absolute Gasteiger partial charge is 0.573 e. The first kappa shape index (κ1) is 23.4. The van der Waals surface area contributed by atoms with Crippen molar-refractivity contribution in [3.8, 4) is 17.5 Å². The van der Waals surface area contributed by atoms with Gasteiger partial charge in [-0.1, -0.05) is 23.2 Å². The molecule has 1 fully saturated rings. The van der Waals surface area contributed by atoms with Crippen molar-refractivity contribution in [1.29, 1.82) is 5.26 Å². The number of rotatable bonds is 5. The van der Waals surface area contributed by atoms with E-state index in [9.17, 15) is 36.8 Å². The van der Waals surface area contributed by atoms with Crippen LogP contribution in [-0.4, -0.2) is 39.2 Å². The first-order valence-corrected chi connectivity index (χ1v) is 8.86. The van der Waals surface area contributed by atoms with Crippen LogP contribution in [0.25, 0.3) is 5.69 Å². The molecule has 0 spiro atoms. The molecule has 1 aliphatic carbocycles. The number of nitrogens with one attached hydrogen (secondary N) is 1. The highest BCUT2D eigenvalue weighted by molar-refractivity contribution is 6.38. The van der Waals surface area contributed by atoms with Gasteiger partial charge in [-0.05, 0) is 0 Å². The normalized spacial score (nSPS) is 19.2. The molecule has 1 aromatic heterocycles. The van der Waals surface area contributed by atoms with Crippen molar-refractivity contribution >= 4 is 41.0 Å². The molecule has 1 heterocycles. The molecule has 32 heavy (non-hydrogen) atoms. The molecule has 170 valence electrons. The Labute approximate surface area is 184 Å². The lowest BCUT2D eigenvalue weighted by Crippen LogP contribution is -2.35. The molecule has 2 aromatic rings. The molecule has 1 aromatic carbocycles. The zero-order valence-electron chi connectivity index (χ0n) is 15.1. The number of alkyl halides is 5. The minimum Gasteiger partial charge on any atom is -0.465 e. The fraction of sp³-hybridized carbons (Fsp3) is 0.250. The highest BCUT2D eigenvalue weighted by Gasteiger charge is 2.78. The lowest BCUT2D eigenvalue weighted by Gasteiger charge is -2.17. The summed E-state index contributed by atoms with van der Waals surface area (Å²) in [5, 5.41) is 22.8.